The summed E-state index contributed by atoms with van der Waals surface area (Å²) < 4.78 is 20.9. The fourth-order valence-corrected chi connectivity index (χ4v) is 1.45. The molecule has 0 aliphatic carbocycles. The first-order valence-corrected chi connectivity index (χ1v) is 6.48. The SMILES string of the molecule is COCCOCCOCCOc1ccc(C)nc1C=O. The maximum Gasteiger partial charge on any atom is 0.172 e. The van der Waals surface area contributed by atoms with Gasteiger partial charge in [-0.25, -0.2) is 4.98 Å². The van der Waals surface area contributed by atoms with E-state index in [0.717, 1.165) is 5.69 Å². The predicted molar refractivity (Wildman–Crippen MR) is 73.4 cm³/mol. The van der Waals surface area contributed by atoms with E-state index < -0.39 is 0 Å². The third-order valence-electron chi connectivity index (χ3n) is 2.43. The molecule has 20 heavy (non-hydrogen) atoms. The van der Waals surface area contributed by atoms with Gasteiger partial charge in [0.25, 0.3) is 0 Å². The number of aromatic nitrogens is 1. The molecule has 1 aromatic rings. The maximum absolute atomic E-state index is 10.8. The summed E-state index contributed by atoms with van der Waals surface area (Å²) in [5.41, 5.74) is 1.09. The molecule has 0 bridgehead atoms. The molecule has 112 valence electrons. The number of hydrogen-bond acceptors (Lipinski definition) is 6. The van der Waals surface area contributed by atoms with Crippen LogP contribution >= 0.6 is 0 Å². The van der Waals surface area contributed by atoms with Crippen molar-refractivity contribution in [2.45, 2.75) is 6.92 Å². The zero-order valence-corrected chi connectivity index (χ0v) is 12.0. The monoisotopic (exact) mass is 283 g/mol. The number of methoxy groups -OCH3 is 1. The van der Waals surface area contributed by atoms with Gasteiger partial charge in [-0.3, -0.25) is 4.79 Å². The average molecular weight is 283 g/mol. The van der Waals surface area contributed by atoms with E-state index >= 15 is 0 Å². The summed E-state index contributed by atoms with van der Waals surface area (Å²) in [6.45, 7) is 4.79. The van der Waals surface area contributed by atoms with Gasteiger partial charge in [0.1, 0.15) is 18.1 Å². The minimum atomic E-state index is 0.313. The van der Waals surface area contributed by atoms with Gasteiger partial charge in [0, 0.05) is 12.8 Å². The van der Waals surface area contributed by atoms with Crippen molar-refractivity contribution in [2.24, 2.45) is 0 Å². The van der Waals surface area contributed by atoms with Crippen molar-refractivity contribution in [3.63, 3.8) is 0 Å². The fraction of sp³-hybridized carbons (Fsp3) is 0.571. The molecule has 0 spiro atoms. The Balaban J connectivity index is 2.11. The summed E-state index contributed by atoms with van der Waals surface area (Å²) >= 11 is 0. The van der Waals surface area contributed by atoms with Gasteiger partial charge in [-0.2, -0.15) is 0 Å². The number of aryl methyl sites for hydroxylation is 1. The minimum absolute atomic E-state index is 0.313. The molecular weight excluding hydrogens is 262 g/mol. The molecule has 0 N–H and O–H groups in total. The van der Waals surface area contributed by atoms with Crippen molar-refractivity contribution >= 4 is 6.29 Å². The second-order valence-electron chi connectivity index (χ2n) is 4.02. The number of carbonyl (C=O) groups is 1. The first kappa shape index (κ1) is 16.6. The summed E-state index contributed by atoms with van der Waals surface area (Å²) in [7, 11) is 1.63. The molecule has 6 heteroatoms. The van der Waals surface area contributed by atoms with Crippen LogP contribution in [0, 0.1) is 6.92 Å². The summed E-state index contributed by atoms with van der Waals surface area (Å²) in [5, 5.41) is 0. The maximum atomic E-state index is 10.8. The quantitative estimate of drug-likeness (QED) is 0.450. The lowest BCUT2D eigenvalue weighted by molar-refractivity contribution is 0.0179. The van der Waals surface area contributed by atoms with E-state index in [2.05, 4.69) is 4.98 Å². The Bertz CT molecular complexity index is 397. The van der Waals surface area contributed by atoms with Crippen LogP contribution in [0.4, 0.5) is 0 Å². The zero-order valence-electron chi connectivity index (χ0n) is 12.0. The van der Waals surface area contributed by atoms with Crippen molar-refractivity contribution in [3.8, 4) is 5.75 Å². The van der Waals surface area contributed by atoms with E-state index in [1.165, 1.54) is 0 Å². The fourth-order valence-electron chi connectivity index (χ4n) is 1.45. The molecule has 0 saturated carbocycles. The van der Waals surface area contributed by atoms with Gasteiger partial charge in [0.05, 0.1) is 33.0 Å². The van der Waals surface area contributed by atoms with Gasteiger partial charge in [0.15, 0.2) is 6.29 Å². The van der Waals surface area contributed by atoms with Crippen LogP contribution in [0.5, 0.6) is 5.75 Å². The molecule has 1 heterocycles. The molecule has 1 aromatic heterocycles. The van der Waals surface area contributed by atoms with E-state index in [1.54, 1.807) is 19.2 Å². The number of rotatable bonds is 11. The highest BCUT2D eigenvalue weighted by Crippen LogP contribution is 2.14. The van der Waals surface area contributed by atoms with Crippen molar-refractivity contribution in [1.82, 2.24) is 4.98 Å². The molecule has 0 radical (unpaired) electrons. The second-order valence-corrected chi connectivity index (χ2v) is 4.02. The largest absolute Gasteiger partial charge is 0.489 e. The Morgan fingerprint density at radius 2 is 1.70 bits per heavy atom. The Morgan fingerprint density at radius 3 is 2.35 bits per heavy atom. The molecule has 0 aliphatic heterocycles. The molecule has 6 nitrogen and oxygen atoms in total. The predicted octanol–water partition coefficient (Wildman–Crippen LogP) is 1.26. The van der Waals surface area contributed by atoms with E-state index in [-0.39, 0.29) is 0 Å². The van der Waals surface area contributed by atoms with Crippen LogP contribution < -0.4 is 4.74 Å². The van der Waals surface area contributed by atoms with Gasteiger partial charge < -0.3 is 18.9 Å². The smallest absolute Gasteiger partial charge is 0.172 e. The van der Waals surface area contributed by atoms with Crippen LogP contribution in [0.2, 0.25) is 0 Å². The normalized spacial score (nSPS) is 10.5. The van der Waals surface area contributed by atoms with Crippen LogP contribution in [-0.4, -0.2) is 58.0 Å². The van der Waals surface area contributed by atoms with Crippen molar-refractivity contribution < 1.29 is 23.7 Å². The molecule has 0 aliphatic rings. The number of ether oxygens (including phenoxy) is 4. The molecule has 0 amide bonds. The van der Waals surface area contributed by atoms with Crippen LogP contribution in [0.15, 0.2) is 12.1 Å². The number of nitrogens with zero attached hydrogens (tertiary/aromatic N) is 1. The Labute approximate surface area is 119 Å². The lowest BCUT2D eigenvalue weighted by Gasteiger charge is -2.09. The van der Waals surface area contributed by atoms with E-state index in [0.29, 0.717) is 57.4 Å². The molecular formula is C14H21NO5. The van der Waals surface area contributed by atoms with Crippen molar-refractivity contribution in [2.75, 3.05) is 46.8 Å². The third-order valence-corrected chi connectivity index (χ3v) is 2.43. The molecule has 0 saturated heterocycles. The highest BCUT2D eigenvalue weighted by Gasteiger charge is 2.04. The minimum Gasteiger partial charge on any atom is -0.489 e. The second kappa shape index (κ2) is 10.3. The van der Waals surface area contributed by atoms with Crippen LogP contribution in [0.1, 0.15) is 16.2 Å². The van der Waals surface area contributed by atoms with Crippen LogP contribution in [0.3, 0.4) is 0 Å². The summed E-state index contributed by atoms with van der Waals surface area (Å²) in [6.07, 6.45) is 0.687. The average Bonchev–Trinajstić information content (AvgIpc) is 2.46. The van der Waals surface area contributed by atoms with Crippen LogP contribution in [0.25, 0.3) is 0 Å². The first-order valence-electron chi connectivity index (χ1n) is 6.48. The third kappa shape index (κ3) is 6.60. The van der Waals surface area contributed by atoms with E-state index in [9.17, 15) is 4.79 Å². The summed E-state index contributed by atoms with van der Waals surface area (Å²) in [5.74, 6) is 0.477. The summed E-state index contributed by atoms with van der Waals surface area (Å²) in [4.78, 5) is 14.9. The lowest BCUT2D eigenvalue weighted by atomic mass is 10.3. The standard InChI is InChI=1S/C14H21NO5/c1-12-3-4-14(13(11-16)15-12)20-10-9-19-8-7-18-6-5-17-2/h3-4,11H,5-10H2,1-2H3. The Morgan fingerprint density at radius 1 is 1.05 bits per heavy atom. The molecule has 0 fully saturated rings. The number of carbonyl (C=O) groups excluding carboxylic acids is 1. The lowest BCUT2D eigenvalue weighted by Crippen LogP contribution is -2.13. The first-order chi connectivity index (χ1) is 9.77. The van der Waals surface area contributed by atoms with Gasteiger partial charge in [-0.15, -0.1) is 0 Å². The number of pyridine rings is 1. The number of hydrogen-bond donors (Lipinski definition) is 0. The van der Waals surface area contributed by atoms with Crippen molar-refractivity contribution in [1.29, 1.82) is 0 Å². The topological polar surface area (TPSA) is 66.9 Å². The number of aldehydes is 1. The molecule has 0 aromatic carbocycles. The molecule has 0 unspecified atom stereocenters. The summed E-state index contributed by atoms with van der Waals surface area (Å²) in [6, 6.07) is 3.53. The van der Waals surface area contributed by atoms with E-state index in [1.807, 2.05) is 6.92 Å². The van der Waals surface area contributed by atoms with E-state index in [4.69, 9.17) is 18.9 Å². The highest BCUT2D eigenvalue weighted by molar-refractivity contribution is 5.76. The highest BCUT2D eigenvalue weighted by atomic mass is 16.6. The Kier molecular flexibility index (Phi) is 8.53. The van der Waals surface area contributed by atoms with Gasteiger partial charge in [-0.05, 0) is 19.1 Å². The van der Waals surface area contributed by atoms with Gasteiger partial charge in [-0.1, -0.05) is 0 Å². The van der Waals surface area contributed by atoms with Gasteiger partial charge in [0.2, 0.25) is 0 Å². The van der Waals surface area contributed by atoms with Gasteiger partial charge >= 0.3 is 0 Å². The molecule has 0 atom stereocenters. The van der Waals surface area contributed by atoms with Crippen LogP contribution in [-0.2, 0) is 14.2 Å². The zero-order chi connectivity index (χ0) is 14.6. The van der Waals surface area contributed by atoms with Crippen molar-refractivity contribution in [3.05, 3.63) is 23.5 Å². The molecule has 1 rings (SSSR count). The Hall–Kier alpha value is -1.50.